The number of anilines is 1. The van der Waals surface area contributed by atoms with Crippen LogP contribution in [0.25, 0.3) is 5.69 Å². The number of benzene rings is 1. The molecule has 0 aliphatic carbocycles. The highest BCUT2D eigenvalue weighted by atomic mass is 35.5. The predicted octanol–water partition coefficient (Wildman–Crippen LogP) is 5.97. The molecule has 0 saturated carbocycles. The summed E-state index contributed by atoms with van der Waals surface area (Å²) >= 11 is 11.5. The topological polar surface area (TPSA) is 59.0 Å². The molecule has 0 saturated heterocycles. The van der Waals surface area contributed by atoms with E-state index in [0.29, 0.717) is 12.3 Å². The van der Waals surface area contributed by atoms with Gasteiger partial charge in [-0.2, -0.15) is 26.3 Å². The summed E-state index contributed by atoms with van der Waals surface area (Å²) in [5, 5.41) is -0.598. The lowest BCUT2D eigenvalue weighted by Crippen LogP contribution is -2.31. The van der Waals surface area contributed by atoms with Crippen LogP contribution in [0, 0.1) is 0 Å². The first kappa shape index (κ1) is 22.8. The molecular weight excluding hydrogens is 473 g/mol. The first-order chi connectivity index (χ1) is 14.4. The Kier molecular flexibility index (Phi) is 6.10. The summed E-state index contributed by atoms with van der Waals surface area (Å²) in [4.78, 5) is 16.0. The number of aromatic nitrogens is 2. The molecule has 3 rings (SSSR count). The van der Waals surface area contributed by atoms with Gasteiger partial charge in [0.1, 0.15) is 5.69 Å². The van der Waals surface area contributed by atoms with Gasteiger partial charge in [-0.05, 0) is 36.4 Å². The smallest absolute Gasteiger partial charge is 0.312 e. The van der Waals surface area contributed by atoms with Crippen LogP contribution in [-0.4, -0.2) is 15.5 Å². The lowest BCUT2D eigenvalue weighted by atomic mass is 10.2. The highest BCUT2D eigenvalue weighted by Gasteiger charge is 2.32. The third-order valence-electron chi connectivity index (χ3n) is 3.93. The Morgan fingerprint density at radius 1 is 0.968 bits per heavy atom. The number of carbonyl (C=O) groups is 1. The van der Waals surface area contributed by atoms with E-state index in [1.54, 1.807) is 0 Å². The third-order valence-corrected chi connectivity index (χ3v) is 4.44. The summed E-state index contributed by atoms with van der Waals surface area (Å²) in [6, 6.07) is 6.13. The normalized spacial score (nSPS) is 12.0. The van der Waals surface area contributed by atoms with Crippen molar-refractivity contribution >= 4 is 34.9 Å². The van der Waals surface area contributed by atoms with Crippen molar-refractivity contribution in [3.63, 3.8) is 0 Å². The van der Waals surface area contributed by atoms with E-state index in [1.165, 1.54) is 24.4 Å². The van der Waals surface area contributed by atoms with Gasteiger partial charge in [-0.25, -0.2) is 4.98 Å². The van der Waals surface area contributed by atoms with E-state index in [2.05, 4.69) is 15.8 Å². The zero-order valence-corrected chi connectivity index (χ0v) is 16.5. The third kappa shape index (κ3) is 5.23. The number of nitrogens with one attached hydrogen (secondary N) is 2. The van der Waals surface area contributed by atoms with Gasteiger partial charge in [-0.1, -0.05) is 23.2 Å². The van der Waals surface area contributed by atoms with E-state index in [-0.39, 0.29) is 22.2 Å². The second kappa shape index (κ2) is 8.31. The molecule has 0 unspecified atom stereocenters. The van der Waals surface area contributed by atoms with Crippen LogP contribution in [0.3, 0.4) is 0 Å². The molecule has 0 bridgehead atoms. The summed E-state index contributed by atoms with van der Waals surface area (Å²) in [5.41, 5.74) is 2.25. The number of hydrogen-bond acceptors (Lipinski definition) is 3. The van der Waals surface area contributed by atoms with Crippen LogP contribution in [0.2, 0.25) is 10.0 Å². The maximum Gasteiger partial charge on any atom is 0.417 e. The zero-order chi connectivity index (χ0) is 23.0. The van der Waals surface area contributed by atoms with Gasteiger partial charge < -0.3 is 4.57 Å². The van der Waals surface area contributed by atoms with Crippen molar-refractivity contribution in [3.8, 4) is 5.69 Å². The highest BCUT2D eigenvalue weighted by Crippen LogP contribution is 2.34. The van der Waals surface area contributed by atoms with Crippen LogP contribution < -0.4 is 10.9 Å². The number of halogens is 8. The van der Waals surface area contributed by atoms with Crippen molar-refractivity contribution in [1.82, 2.24) is 15.0 Å². The maximum absolute atomic E-state index is 13.1. The lowest BCUT2D eigenvalue weighted by Gasteiger charge is -2.14. The lowest BCUT2D eigenvalue weighted by molar-refractivity contribution is -0.138. The van der Waals surface area contributed by atoms with Crippen LogP contribution >= 0.6 is 23.2 Å². The van der Waals surface area contributed by atoms with E-state index in [1.807, 2.05) is 0 Å². The van der Waals surface area contributed by atoms with Crippen LogP contribution in [0.5, 0.6) is 0 Å². The number of hydrogen-bond donors (Lipinski definition) is 2. The average Bonchev–Trinajstić information content (AvgIpc) is 3.15. The van der Waals surface area contributed by atoms with E-state index in [0.717, 1.165) is 16.7 Å². The van der Waals surface area contributed by atoms with Crippen LogP contribution in [0.1, 0.15) is 21.6 Å². The van der Waals surface area contributed by atoms with Crippen molar-refractivity contribution in [2.75, 3.05) is 5.43 Å². The molecule has 0 radical (unpaired) electrons. The van der Waals surface area contributed by atoms with Crippen LogP contribution in [0.4, 0.5) is 32.2 Å². The molecule has 31 heavy (non-hydrogen) atoms. The summed E-state index contributed by atoms with van der Waals surface area (Å²) in [5.74, 6) is -1.08. The molecule has 0 fully saturated rings. The summed E-state index contributed by atoms with van der Waals surface area (Å²) < 4.78 is 78.3. The Balaban J connectivity index is 1.82. The van der Waals surface area contributed by atoms with Gasteiger partial charge in [0.05, 0.1) is 16.1 Å². The molecule has 2 aromatic heterocycles. The minimum atomic E-state index is -4.65. The molecule has 0 aliphatic heterocycles. The fourth-order valence-electron chi connectivity index (χ4n) is 2.53. The van der Waals surface area contributed by atoms with Gasteiger partial charge in [0.2, 0.25) is 0 Å². The van der Waals surface area contributed by atoms with Crippen molar-refractivity contribution in [2.45, 2.75) is 12.4 Å². The molecule has 2 heterocycles. The number of pyridine rings is 1. The Labute approximate surface area is 180 Å². The summed E-state index contributed by atoms with van der Waals surface area (Å²) in [6.07, 6.45) is -7.44. The number of hydrazine groups is 1. The predicted molar refractivity (Wildman–Crippen MR) is 101 cm³/mol. The van der Waals surface area contributed by atoms with Crippen molar-refractivity contribution in [3.05, 3.63) is 75.7 Å². The van der Waals surface area contributed by atoms with Gasteiger partial charge in [0.25, 0.3) is 5.91 Å². The molecule has 3 aromatic rings. The van der Waals surface area contributed by atoms with Gasteiger partial charge >= 0.3 is 12.4 Å². The minimum absolute atomic E-state index is 0.0272. The molecule has 2 N–H and O–H groups in total. The molecule has 164 valence electrons. The Morgan fingerprint density at radius 2 is 1.65 bits per heavy atom. The number of nitrogens with zero attached hydrogens (tertiary/aromatic N) is 2. The standard InChI is InChI=1S/C18H10Cl2F6N4O/c19-11-4-9(17(21,22)23)5-12(7-11)30-3-1-2-14(30)16(31)29-28-15-13(20)6-10(8-27-15)18(24,25)26/h1-8H,(H,27,28)(H,29,31). The largest absolute Gasteiger partial charge is 0.417 e. The first-order valence-corrected chi connectivity index (χ1v) is 8.96. The van der Waals surface area contributed by atoms with Gasteiger partial charge in [-0.3, -0.25) is 15.6 Å². The molecule has 0 spiro atoms. The van der Waals surface area contributed by atoms with Crippen LogP contribution in [-0.2, 0) is 12.4 Å². The first-order valence-electron chi connectivity index (χ1n) is 8.21. The SMILES string of the molecule is O=C(NNc1ncc(C(F)(F)F)cc1Cl)c1cccn1-c1cc(Cl)cc(C(F)(F)F)c1. The van der Waals surface area contributed by atoms with E-state index in [4.69, 9.17) is 23.2 Å². The number of carbonyl (C=O) groups excluding carboxylic acids is 1. The van der Waals surface area contributed by atoms with E-state index in [9.17, 15) is 31.1 Å². The Bertz CT molecular complexity index is 1130. The monoisotopic (exact) mass is 482 g/mol. The second-order valence-corrected chi connectivity index (χ2v) is 6.93. The van der Waals surface area contributed by atoms with Crippen LogP contribution in [0.15, 0.2) is 48.8 Å². The zero-order valence-electron chi connectivity index (χ0n) is 14.9. The van der Waals surface area contributed by atoms with Gasteiger partial charge in [0, 0.05) is 23.1 Å². The average molecular weight is 483 g/mol. The second-order valence-electron chi connectivity index (χ2n) is 6.09. The summed E-state index contributed by atoms with van der Waals surface area (Å²) in [6.45, 7) is 0. The van der Waals surface area contributed by atoms with Crippen molar-refractivity contribution in [1.29, 1.82) is 0 Å². The minimum Gasteiger partial charge on any atom is -0.312 e. The molecule has 13 heteroatoms. The quantitative estimate of drug-likeness (QED) is 0.355. The molecule has 1 aromatic carbocycles. The molecule has 0 aliphatic rings. The number of amides is 1. The maximum atomic E-state index is 13.1. The van der Waals surface area contributed by atoms with Crippen molar-refractivity contribution in [2.24, 2.45) is 0 Å². The summed E-state index contributed by atoms with van der Waals surface area (Å²) in [7, 11) is 0. The van der Waals surface area contributed by atoms with Gasteiger partial charge in [-0.15, -0.1) is 0 Å². The molecule has 0 atom stereocenters. The number of alkyl halides is 6. The molecule has 5 nitrogen and oxygen atoms in total. The Hall–Kier alpha value is -2.92. The van der Waals surface area contributed by atoms with Crippen molar-refractivity contribution < 1.29 is 31.1 Å². The molecule has 1 amide bonds. The Morgan fingerprint density at radius 3 is 2.26 bits per heavy atom. The van der Waals surface area contributed by atoms with Gasteiger partial charge in [0.15, 0.2) is 5.82 Å². The van der Waals surface area contributed by atoms with E-state index < -0.39 is 34.4 Å². The molecular formula is C18H10Cl2F6N4O. The fourth-order valence-corrected chi connectivity index (χ4v) is 2.98. The van der Waals surface area contributed by atoms with E-state index >= 15 is 0 Å². The highest BCUT2D eigenvalue weighted by molar-refractivity contribution is 6.33. The fraction of sp³-hybridized carbons (Fsp3) is 0.111. The number of rotatable bonds is 4.